The Morgan fingerprint density at radius 3 is 2.76 bits per heavy atom. The monoisotopic (exact) mass is 408 g/mol. The maximum atomic E-state index is 10.5. The third-order valence-electron chi connectivity index (χ3n) is 5.78. The Morgan fingerprint density at radius 2 is 2.00 bits per heavy atom. The van der Waals surface area contributed by atoms with Gasteiger partial charge in [-0.15, -0.1) is 12.6 Å². The number of aromatic nitrogens is 1. The van der Waals surface area contributed by atoms with Gasteiger partial charge >= 0.3 is 0 Å². The second-order valence-electron chi connectivity index (χ2n) is 7.78. The van der Waals surface area contributed by atoms with Crippen molar-refractivity contribution >= 4 is 35.1 Å². The number of amidine groups is 1. The molecular weight excluding hydrogens is 384 g/mol. The second-order valence-corrected chi connectivity index (χ2v) is 8.27. The number of anilines is 1. The second kappa shape index (κ2) is 6.91. The van der Waals surface area contributed by atoms with Crippen LogP contribution in [0.5, 0.6) is 11.5 Å². The Bertz CT molecular complexity index is 1120. The molecule has 0 radical (unpaired) electrons. The van der Waals surface area contributed by atoms with E-state index in [2.05, 4.69) is 46.1 Å². The van der Waals surface area contributed by atoms with E-state index in [0.717, 1.165) is 29.1 Å². The molecule has 5 rings (SSSR count). The van der Waals surface area contributed by atoms with Crippen molar-refractivity contribution in [1.29, 1.82) is 0 Å². The van der Waals surface area contributed by atoms with Crippen LogP contribution in [0.3, 0.4) is 0 Å². The summed E-state index contributed by atoms with van der Waals surface area (Å²) in [6.07, 6.45) is 5.42. The molecule has 3 N–H and O–H groups in total. The van der Waals surface area contributed by atoms with E-state index in [-0.39, 0.29) is 17.0 Å². The molecule has 1 atom stereocenters. The number of phenolic OH excluding ortho intramolecular Hbond substituents is 2. The summed E-state index contributed by atoms with van der Waals surface area (Å²) in [5.74, 6) is 1.46. The molecule has 1 aromatic heterocycles. The molecule has 2 aliphatic rings. The maximum absolute atomic E-state index is 10.5. The van der Waals surface area contributed by atoms with Crippen LogP contribution in [-0.4, -0.2) is 26.1 Å². The lowest BCUT2D eigenvalue weighted by Gasteiger charge is -2.25. The number of aryl methyl sites for hydroxylation is 1. The molecule has 150 valence electrons. The largest absolute Gasteiger partial charge is 0.508 e. The molecule has 0 saturated heterocycles. The SMILES string of the molecule is CCc1cc(C2=NNC(S)N2c2cccc3c2ccn3CC2CC2)c(O)cc1O. The van der Waals surface area contributed by atoms with Gasteiger partial charge in [0.2, 0.25) is 0 Å². The van der Waals surface area contributed by atoms with E-state index < -0.39 is 0 Å². The van der Waals surface area contributed by atoms with Crippen molar-refractivity contribution in [3.8, 4) is 11.5 Å². The minimum absolute atomic E-state index is 0.00818. The summed E-state index contributed by atoms with van der Waals surface area (Å²) in [4.78, 5) is 1.98. The van der Waals surface area contributed by atoms with Gasteiger partial charge in [0.25, 0.3) is 0 Å². The molecule has 0 amide bonds. The Kier molecular flexibility index (Phi) is 4.35. The van der Waals surface area contributed by atoms with Gasteiger partial charge in [0, 0.05) is 24.2 Å². The fraction of sp³-hybridized carbons (Fsp3) is 0.318. The molecule has 2 aromatic carbocycles. The van der Waals surface area contributed by atoms with Crippen LogP contribution in [0.15, 0.2) is 47.7 Å². The molecule has 1 aliphatic carbocycles. The van der Waals surface area contributed by atoms with Gasteiger partial charge in [0.15, 0.2) is 11.3 Å². The first kappa shape index (κ1) is 18.2. The minimum Gasteiger partial charge on any atom is -0.508 e. The summed E-state index contributed by atoms with van der Waals surface area (Å²) < 4.78 is 2.32. The molecule has 1 fully saturated rings. The number of aromatic hydroxyl groups is 2. The summed E-state index contributed by atoms with van der Waals surface area (Å²) in [6.45, 7) is 3.02. The van der Waals surface area contributed by atoms with Crippen molar-refractivity contribution in [2.45, 2.75) is 38.2 Å². The Balaban J connectivity index is 1.60. The van der Waals surface area contributed by atoms with Gasteiger partial charge in [0.05, 0.1) is 16.8 Å². The molecule has 1 unspecified atom stereocenters. The van der Waals surface area contributed by atoms with Gasteiger partial charge in [-0.1, -0.05) is 13.0 Å². The number of nitrogens with one attached hydrogen (secondary N) is 1. The molecule has 3 aromatic rings. The molecule has 29 heavy (non-hydrogen) atoms. The summed E-state index contributed by atoms with van der Waals surface area (Å²) >= 11 is 4.67. The highest BCUT2D eigenvalue weighted by atomic mass is 32.1. The quantitative estimate of drug-likeness (QED) is 0.482. The van der Waals surface area contributed by atoms with E-state index in [1.165, 1.54) is 24.4 Å². The number of thiol groups is 1. The van der Waals surface area contributed by atoms with E-state index in [9.17, 15) is 10.2 Å². The lowest BCUT2D eigenvalue weighted by atomic mass is 10.0. The van der Waals surface area contributed by atoms with Crippen LogP contribution in [0, 0.1) is 5.92 Å². The highest BCUT2D eigenvalue weighted by molar-refractivity contribution is 7.81. The van der Waals surface area contributed by atoms with E-state index in [1.807, 2.05) is 24.0 Å². The van der Waals surface area contributed by atoms with Crippen LogP contribution in [0.25, 0.3) is 10.9 Å². The predicted octanol–water partition coefficient (Wildman–Crippen LogP) is 4.01. The molecule has 0 bridgehead atoms. The summed E-state index contributed by atoms with van der Waals surface area (Å²) in [6, 6.07) is 11.6. The summed E-state index contributed by atoms with van der Waals surface area (Å²) in [7, 11) is 0. The fourth-order valence-corrected chi connectivity index (χ4v) is 4.31. The van der Waals surface area contributed by atoms with Crippen LogP contribution >= 0.6 is 12.6 Å². The van der Waals surface area contributed by atoms with Gasteiger partial charge in [-0.05, 0) is 55.0 Å². The van der Waals surface area contributed by atoms with Crippen molar-refractivity contribution < 1.29 is 10.2 Å². The summed E-state index contributed by atoms with van der Waals surface area (Å²) in [5.41, 5.74) is 6.14. The van der Waals surface area contributed by atoms with Gasteiger partial charge in [0.1, 0.15) is 11.5 Å². The van der Waals surface area contributed by atoms with E-state index >= 15 is 0 Å². The first-order valence-electron chi connectivity index (χ1n) is 10.0. The van der Waals surface area contributed by atoms with Gasteiger partial charge in [-0.3, -0.25) is 10.3 Å². The third-order valence-corrected chi connectivity index (χ3v) is 6.13. The van der Waals surface area contributed by atoms with Crippen molar-refractivity contribution in [2.24, 2.45) is 11.0 Å². The number of benzene rings is 2. The number of fused-ring (bicyclic) bond motifs is 1. The van der Waals surface area contributed by atoms with Gasteiger partial charge in [-0.2, -0.15) is 5.10 Å². The van der Waals surface area contributed by atoms with E-state index in [1.54, 1.807) is 6.07 Å². The molecule has 2 heterocycles. The predicted molar refractivity (Wildman–Crippen MR) is 119 cm³/mol. The zero-order valence-corrected chi connectivity index (χ0v) is 17.1. The molecule has 6 nitrogen and oxygen atoms in total. The molecule has 1 aliphatic heterocycles. The zero-order valence-electron chi connectivity index (χ0n) is 16.2. The molecule has 7 heteroatoms. The average molecular weight is 409 g/mol. The maximum Gasteiger partial charge on any atom is 0.166 e. The van der Waals surface area contributed by atoms with Crippen molar-refractivity contribution in [1.82, 2.24) is 9.99 Å². The van der Waals surface area contributed by atoms with Crippen LogP contribution < -0.4 is 10.3 Å². The first-order chi connectivity index (χ1) is 14.1. The third kappa shape index (κ3) is 3.09. The van der Waals surface area contributed by atoms with Crippen molar-refractivity contribution in [3.63, 3.8) is 0 Å². The lowest BCUT2D eigenvalue weighted by molar-refractivity contribution is 0.445. The smallest absolute Gasteiger partial charge is 0.166 e. The number of hydrogen-bond donors (Lipinski definition) is 4. The standard InChI is InChI=1S/C22H24N4O2S/c1-2-14-10-16(20(28)11-19(14)27)21-23-24-22(29)26(21)18-5-3-4-17-15(18)8-9-25(17)12-13-6-7-13/h3-5,8-11,13,22,24,27-29H,2,6-7,12H2,1H3. The highest BCUT2D eigenvalue weighted by Crippen LogP contribution is 2.37. The van der Waals surface area contributed by atoms with Crippen LogP contribution in [0.2, 0.25) is 0 Å². The Labute approximate surface area is 174 Å². The molecule has 1 saturated carbocycles. The molecular formula is C22H24N4O2S. The van der Waals surface area contributed by atoms with E-state index in [0.29, 0.717) is 17.8 Å². The van der Waals surface area contributed by atoms with Crippen LogP contribution in [-0.2, 0) is 13.0 Å². The van der Waals surface area contributed by atoms with Crippen LogP contribution in [0.4, 0.5) is 5.69 Å². The minimum atomic E-state index is -0.360. The fourth-order valence-electron chi connectivity index (χ4n) is 4.02. The number of rotatable bonds is 5. The van der Waals surface area contributed by atoms with Crippen LogP contribution in [0.1, 0.15) is 30.9 Å². The average Bonchev–Trinajstić information content (AvgIpc) is 3.31. The van der Waals surface area contributed by atoms with Crippen molar-refractivity contribution in [3.05, 3.63) is 53.7 Å². The summed E-state index contributed by atoms with van der Waals surface area (Å²) in [5, 5.41) is 26.2. The number of phenols is 2. The van der Waals surface area contributed by atoms with E-state index in [4.69, 9.17) is 0 Å². The zero-order chi connectivity index (χ0) is 20.1. The molecule has 0 spiro atoms. The Hall–Kier alpha value is -2.80. The lowest BCUT2D eigenvalue weighted by Crippen LogP contribution is -2.36. The number of nitrogens with zero attached hydrogens (tertiary/aromatic N) is 3. The highest BCUT2D eigenvalue weighted by Gasteiger charge is 2.31. The normalized spacial score (nSPS) is 18.9. The number of hydrazone groups is 1. The number of hydrogen-bond acceptors (Lipinski definition) is 6. The van der Waals surface area contributed by atoms with Gasteiger partial charge in [-0.25, -0.2) is 0 Å². The Morgan fingerprint density at radius 1 is 1.17 bits per heavy atom. The van der Waals surface area contributed by atoms with Crippen molar-refractivity contribution in [2.75, 3.05) is 4.90 Å². The van der Waals surface area contributed by atoms with Gasteiger partial charge < -0.3 is 14.8 Å². The topological polar surface area (TPSA) is 73.0 Å². The first-order valence-corrected chi connectivity index (χ1v) is 10.5.